The van der Waals surface area contributed by atoms with Crippen LogP contribution in [0.1, 0.15) is 41.3 Å². The largest absolute Gasteiger partial charge is 0.508 e. The van der Waals surface area contributed by atoms with Gasteiger partial charge in [0, 0.05) is 6.07 Å². The lowest BCUT2D eigenvalue weighted by atomic mass is 9.98. The standard InChI is InChI=1S/C18H20O4/c1-11(2)15-7-5-14(8-12(15)3)22-10-18(21)16-6-4-13(19)9-17(16)20/h4-9,11,19-20H,10H2,1-3H3. The van der Waals surface area contributed by atoms with Crippen molar-refractivity contribution in [3.8, 4) is 17.2 Å². The Morgan fingerprint density at radius 3 is 2.45 bits per heavy atom. The van der Waals surface area contributed by atoms with Gasteiger partial charge in [0.2, 0.25) is 5.78 Å². The third-order valence-corrected chi connectivity index (χ3v) is 3.51. The van der Waals surface area contributed by atoms with Crippen LogP contribution in [0.2, 0.25) is 0 Å². The van der Waals surface area contributed by atoms with Crippen LogP contribution in [0.15, 0.2) is 36.4 Å². The summed E-state index contributed by atoms with van der Waals surface area (Å²) in [6.45, 7) is 6.09. The van der Waals surface area contributed by atoms with Crippen LogP contribution in [0.4, 0.5) is 0 Å². The number of benzene rings is 2. The van der Waals surface area contributed by atoms with Gasteiger partial charge in [-0.3, -0.25) is 4.79 Å². The number of aryl methyl sites for hydroxylation is 1. The summed E-state index contributed by atoms with van der Waals surface area (Å²) < 4.78 is 5.50. The highest BCUT2D eigenvalue weighted by atomic mass is 16.5. The molecular formula is C18H20O4. The van der Waals surface area contributed by atoms with Crippen molar-refractivity contribution in [1.29, 1.82) is 0 Å². The molecule has 0 aliphatic heterocycles. The molecule has 4 nitrogen and oxygen atoms in total. The van der Waals surface area contributed by atoms with Crippen LogP contribution in [0.25, 0.3) is 0 Å². The monoisotopic (exact) mass is 300 g/mol. The van der Waals surface area contributed by atoms with E-state index in [1.54, 1.807) is 0 Å². The number of carbonyl (C=O) groups excluding carboxylic acids is 1. The van der Waals surface area contributed by atoms with Gasteiger partial charge in [0.25, 0.3) is 0 Å². The van der Waals surface area contributed by atoms with E-state index in [0.717, 1.165) is 11.6 Å². The molecule has 0 aliphatic rings. The Bertz CT molecular complexity index is 689. The van der Waals surface area contributed by atoms with E-state index >= 15 is 0 Å². The number of phenolic OH excluding ortho intramolecular Hbond substituents is 2. The maximum Gasteiger partial charge on any atom is 0.203 e. The minimum atomic E-state index is -0.344. The molecule has 0 saturated heterocycles. The molecule has 2 N–H and O–H groups in total. The van der Waals surface area contributed by atoms with Crippen LogP contribution in [-0.4, -0.2) is 22.6 Å². The summed E-state index contributed by atoms with van der Waals surface area (Å²) in [7, 11) is 0. The predicted molar refractivity (Wildman–Crippen MR) is 84.9 cm³/mol. The minimum Gasteiger partial charge on any atom is -0.508 e. The summed E-state index contributed by atoms with van der Waals surface area (Å²) in [6, 6.07) is 9.61. The Labute approximate surface area is 130 Å². The fourth-order valence-electron chi connectivity index (χ4n) is 2.37. The van der Waals surface area contributed by atoms with Crippen molar-refractivity contribution in [1.82, 2.24) is 0 Å². The van der Waals surface area contributed by atoms with Gasteiger partial charge in [-0.15, -0.1) is 0 Å². The van der Waals surface area contributed by atoms with Crippen molar-refractivity contribution >= 4 is 5.78 Å². The van der Waals surface area contributed by atoms with Crippen molar-refractivity contribution in [2.45, 2.75) is 26.7 Å². The van der Waals surface area contributed by atoms with Crippen LogP contribution in [-0.2, 0) is 0 Å². The topological polar surface area (TPSA) is 66.8 Å². The number of ketones is 1. The molecule has 0 bridgehead atoms. The fourth-order valence-corrected chi connectivity index (χ4v) is 2.37. The van der Waals surface area contributed by atoms with Gasteiger partial charge in [0.05, 0.1) is 5.56 Å². The first-order chi connectivity index (χ1) is 10.4. The van der Waals surface area contributed by atoms with Gasteiger partial charge in [0.15, 0.2) is 6.61 Å². The predicted octanol–water partition coefficient (Wildman–Crippen LogP) is 3.79. The molecule has 2 aromatic rings. The van der Waals surface area contributed by atoms with Gasteiger partial charge in [-0.05, 0) is 48.2 Å². The molecule has 116 valence electrons. The van der Waals surface area contributed by atoms with E-state index in [9.17, 15) is 15.0 Å². The third kappa shape index (κ3) is 3.58. The molecule has 0 unspecified atom stereocenters. The maximum absolute atomic E-state index is 12.0. The zero-order chi connectivity index (χ0) is 16.3. The minimum absolute atomic E-state index is 0.0881. The quantitative estimate of drug-likeness (QED) is 0.824. The van der Waals surface area contributed by atoms with Gasteiger partial charge in [-0.25, -0.2) is 0 Å². The van der Waals surface area contributed by atoms with E-state index in [2.05, 4.69) is 13.8 Å². The molecule has 0 heterocycles. The molecule has 0 saturated carbocycles. The molecule has 0 amide bonds. The summed E-state index contributed by atoms with van der Waals surface area (Å²) in [5.41, 5.74) is 2.50. The first-order valence-corrected chi connectivity index (χ1v) is 7.17. The summed E-state index contributed by atoms with van der Waals surface area (Å²) in [5, 5.41) is 18.9. The average Bonchev–Trinajstić information content (AvgIpc) is 2.44. The van der Waals surface area contributed by atoms with E-state index < -0.39 is 0 Å². The Morgan fingerprint density at radius 2 is 1.86 bits per heavy atom. The Morgan fingerprint density at radius 1 is 1.14 bits per heavy atom. The highest BCUT2D eigenvalue weighted by molar-refractivity contribution is 5.99. The molecule has 0 aromatic heterocycles. The van der Waals surface area contributed by atoms with E-state index in [4.69, 9.17) is 4.74 Å². The molecule has 0 fully saturated rings. The molecule has 4 heteroatoms. The second-order valence-electron chi connectivity index (χ2n) is 5.59. The second kappa shape index (κ2) is 6.52. The molecule has 0 atom stereocenters. The molecule has 2 rings (SSSR count). The van der Waals surface area contributed by atoms with Gasteiger partial charge in [-0.2, -0.15) is 0 Å². The molecule has 0 radical (unpaired) electrons. The average molecular weight is 300 g/mol. The molecule has 2 aromatic carbocycles. The van der Waals surface area contributed by atoms with Gasteiger partial charge >= 0.3 is 0 Å². The molecular weight excluding hydrogens is 280 g/mol. The number of rotatable bonds is 5. The summed E-state index contributed by atoms with van der Waals surface area (Å²) in [6.07, 6.45) is 0. The summed E-state index contributed by atoms with van der Waals surface area (Å²) in [5.74, 6) is 0.371. The number of carbonyl (C=O) groups is 1. The van der Waals surface area contributed by atoms with E-state index in [-0.39, 0.29) is 29.5 Å². The number of phenols is 2. The van der Waals surface area contributed by atoms with Crippen molar-refractivity contribution in [3.05, 3.63) is 53.1 Å². The Balaban J connectivity index is 2.06. The van der Waals surface area contributed by atoms with E-state index in [1.165, 1.54) is 17.7 Å². The van der Waals surface area contributed by atoms with Gasteiger partial charge in [0.1, 0.15) is 17.2 Å². The zero-order valence-corrected chi connectivity index (χ0v) is 13.0. The van der Waals surface area contributed by atoms with Gasteiger partial charge in [-0.1, -0.05) is 19.9 Å². The van der Waals surface area contributed by atoms with Crippen molar-refractivity contribution in [2.24, 2.45) is 0 Å². The normalized spacial score (nSPS) is 10.7. The SMILES string of the molecule is Cc1cc(OCC(=O)c2ccc(O)cc2O)ccc1C(C)C. The second-order valence-corrected chi connectivity index (χ2v) is 5.59. The highest BCUT2D eigenvalue weighted by Gasteiger charge is 2.13. The smallest absolute Gasteiger partial charge is 0.203 e. The van der Waals surface area contributed by atoms with Crippen molar-refractivity contribution in [2.75, 3.05) is 6.61 Å². The first-order valence-electron chi connectivity index (χ1n) is 7.17. The summed E-state index contributed by atoms with van der Waals surface area (Å²) >= 11 is 0. The number of aromatic hydroxyl groups is 2. The highest BCUT2D eigenvalue weighted by Crippen LogP contribution is 2.25. The van der Waals surface area contributed by atoms with E-state index in [1.807, 2.05) is 25.1 Å². The maximum atomic E-state index is 12.0. The zero-order valence-electron chi connectivity index (χ0n) is 13.0. The third-order valence-electron chi connectivity index (χ3n) is 3.51. The van der Waals surface area contributed by atoms with E-state index in [0.29, 0.717) is 11.7 Å². The van der Waals surface area contributed by atoms with Crippen LogP contribution in [0.3, 0.4) is 0 Å². The summed E-state index contributed by atoms with van der Waals surface area (Å²) in [4.78, 5) is 12.0. The lowest BCUT2D eigenvalue weighted by Gasteiger charge is -2.12. The first kappa shape index (κ1) is 15.9. The lowest BCUT2D eigenvalue weighted by Crippen LogP contribution is -2.12. The molecule has 0 spiro atoms. The number of hydrogen-bond acceptors (Lipinski definition) is 4. The van der Waals surface area contributed by atoms with Gasteiger partial charge < -0.3 is 14.9 Å². The lowest BCUT2D eigenvalue weighted by molar-refractivity contribution is 0.0918. The number of ether oxygens (including phenoxy) is 1. The molecule has 22 heavy (non-hydrogen) atoms. The van der Waals surface area contributed by atoms with Crippen LogP contribution in [0.5, 0.6) is 17.2 Å². The van der Waals surface area contributed by atoms with Crippen LogP contribution >= 0.6 is 0 Å². The fraction of sp³-hybridized carbons (Fsp3) is 0.278. The van der Waals surface area contributed by atoms with Crippen LogP contribution < -0.4 is 4.74 Å². The number of Topliss-reactive ketones (excluding diaryl/α,β-unsaturated/α-hetero) is 1. The molecule has 0 aliphatic carbocycles. The Hall–Kier alpha value is -2.49. The number of hydrogen-bond donors (Lipinski definition) is 2. The van der Waals surface area contributed by atoms with Crippen LogP contribution in [0, 0.1) is 6.92 Å². The van der Waals surface area contributed by atoms with Crippen molar-refractivity contribution < 1.29 is 19.7 Å². The Kier molecular flexibility index (Phi) is 4.71. The van der Waals surface area contributed by atoms with Crippen molar-refractivity contribution in [3.63, 3.8) is 0 Å².